The molecule has 0 aromatic carbocycles. The second-order valence-electron chi connectivity index (χ2n) is 5.18. The minimum Gasteiger partial charge on any atom is -0.347 e. The number of carbonyl (C=O) groups is 2. The molecule has 0 aromatic rings. The van der Waals surface area contributed by atoms with Crippen LogP contribution in [-0.4, -0.2) is 18.4 Å². The molecule has 2 amide bonds. The van der Waals surface area contributed by atoms with E-state index < -0.39 is 11.8 Å². The summed E-state index contributed by atoms with van der Waals surface area (Å²) in [5.41, 5.74) is 2.21. The summed E-state index contributed by atoms with van der Waals surface area (Å²) in [5.74, 6) is 3.77. The third kappa shape index (κ3) is 1.84. The second-order valence-corrected chi connectivity index (χ2v) is 5.18. The van der Waals surface area contributed by atoms with Crippen molar-refractivity contribution in [2.75, 3.05) is 6.54 Å². The van der Waals surface area contributed by atoms with E-state index in [1.165, 1.54) is 0 Å². The normalized spacial score (nSPS) is 21.9. The zero-order valence-electron chi connectivity index (χ0n) is 9.68. The van der Waals surface area contributed by atoms with Gasteiger partial charge < -0.3 is 5.32 Å². The highest BCUT2D eigenvalue weighted by Crippen LogP contribution is 2.67. The van der Waals surface area contributed by atoms with Crippen LogP contribution in [0.5, 0.6) is 0 Å². The first-order valence-electron chi connectivity index (χ1n) is 5.04. The fourth-order valence-electron chi connectivity index (χ4n) is 2.18. The van der Waals surface area contributed by atoms with E-state index in [9.17, 15) is 9.59 Å². The van der Waals surface area contributed by atoms with Crippen molar-refractivity contribution in [3.05, 3.63) is 0 Å². The third-order valence-electron chi connectivity index (χ3n) is 4.12. The maximum atomic E-state index is 11.1. The molecule has 1 fully saturated rings. The Morgan fingerprint density at radius 2 is 1.60 bits per heavy atom. The van der Waals surface area contributed by atoms with Gasteiger partial charge in [0.05, 0.1) is 0 Å². The van der Waals surface area contributed by atoms with Gasteiger partial charge >= 0.3 is 11.8 Å². The first-order chi connectivity index (χ1) is 6.75. The molecule has 0 heterocycles. The molecule has 5 heteroatoms. The number of hydrogen-bond acceptors (Lipinski definition) is 3. The Balaban J connectivity index is 2.41. The van der Waals surface area contributed by atoms with Gasteiger partial charge in [-0.05, 0) is 16.7 Å². The lowest BCUT2D eigenvalue weighted by Crippen LogP contribution is -2.43. The van der Waals surface area contributed by atoms with Crippen molar-refractivity contribution in [2.45, 2.75) is 27.7 Å². The van der Waals surface area contributed by atoms with Crippen LogP contribution in [0.15, 0.2) is 0 Å². The minimum atomic E-state index is -0.800. The predicted molar refractivity (Wildman–Crippen MR) is 56.4 cm³/mol. The Morgan fingerprint density at radius 1 is 1.13 bits per heavy atom. The SMILES string of the molecule is CC1(C)C(CNC(=O)C(=O)NN)C1(C)C. The van der Waals surface area contributed by atoms with Crippen LogP contribution < -0.4 is 16.6 Å². The topological polar surface area (TPSA) is 84.2 Å². The summed E-state index contributed by atoms with van der Waals surface area (Å²) in [5, 5.41) is 2.58. The van der Waals surface area contributed by atoms with Crippen LogP contribution in [0.3, 0.4) is 0 Å². The summed E-state index contributed by atoms with van der Waals surface area (Å²) in [6, 6.07) is 0. The van der Waals surface area contributed by atoms with Crippen molar-refractivity contribution in [1.29, 1.82) is 0 Å². The van der Waals surface area contributed by atoms with Crippen LogP contribution in [0.1, 0.15) is 27.7 Å². The molecular weight excluding hydrogens is 194 g/mol. The van der Waals surface area contributed by atoms with Gasteiger partial charge in [0.25, 0.3) is 0 Å². The molecule has 0 spiro atoms. The molecule has 1 aliphatic rings. The average Bonchev–Trinajstić information content (AvgIpc) is 2.53. The molecule has 1 saturated carbocycles. The molecule has 0 atom stereocenters. The molecule has 4 N–H and O–H groups in total. The quantitative estimate of drug-likeness (QED) is 0.256. The molecule has 0 radical (unpaired) electrons. The highest BCUT2D eigenvalue weighted by atomic mass is 16.2. The van der Waals surface area contributed by atoms with Crippen molar-refractivity contribution in [1.82, 2.24) is 10.7 Å². The summed E-state index contributed by atoms with van der Waals surface area (Å²) >= 11 is 0. The van der Waals surface area contributed by atoms with Gasteiger partial charge in [-0.1, -0.05) is 27.7 Å². The van der Waals surface area contributed by atoms with Crippen molar-refractivity contribution in [2.24, 2.45) is 22.6 Å². The Bertz CT molecular complexity index is 283. The van der Waals surface area contributed by atoms with Crippen LogP contribution in [0, 0.1) is 16.7 Å². The van der Waals surface area contributed by atoms with Gasteiger partial charge in [-0.15, -0.1) is 0 Å². The largest absolute Gasteiger partial charge is 0.347 e. The average molecular weight is 213 g/mol. The van der Waals surface area contributed by atoms with Crippen LogP contribution in [-0.2, 0) is 9.59 Å². The van der Waals surface area contributed by atoms with E-state index >= 15 is 0 Å². The number of rotatable bonds is 2. The summed E-state index contributed by atoms with van der Waals surface area (Å²) in [7, 11) is 0. The molecule has 0 aliphatic heterocycles. The van der Waals surface area contributed by atoms with E-state index in [0.717, 1.165) is 0 Å². The first kappa shape index (κ1) is 12.0. The molecule has 0 saturated heterocycles. The number of nitrogens with two attached hydrogens (primary N) is 1. The Hall–Kier alpha value is -1.10. The van der Waals surface area contributed by atoms with Gasteiger partial charge in [-0.25, -0.2) is 5.84 Å². The molecule has 5 nitrogen and oxygen atoms in total. The van der Waals surface area contributed by atoms with Gasteiger partial charge in [0.15, 0.2) is 0 Å². The Labute approximate surface area is 89.8 Å². The maximum Gasteiger partial charge on any atom is 0.323 e. The number of hydrogen-bond donors (Lipinski definition) is 3. The minimum absolute atomic E-state index is 0.208. The molecular formula is C10H19N3O2. The van der Waals surface area contributed by atoms with E-state index in [4.69, 9.17) is 5.84 Å². The van der Waals surface area contributed by atoms with Crippen molar-refractivity contribution >= 4 is 11.8 Å². The van der Waals surface area contributed by atoms with E-state index in [0.29, 0.717) is 12.5 Å². The van der Waals surface area contributed by atoms with Crippen LogP contribution in [0.25, 0.3) is 0 Å². The number of amides is 2. The van der Waals surface area contributed by atoms with Gasteiger partial charge in [0.1, 0.15) is 0 Å². The lowest BCUT2D eigenvalue weighted by molar-refractivity contribution is -0.139. The smallest absolute Gasteiger partial charge is 0.323 e. The summed E-state index contributed by atoms with van der Waals surface area (Å²) in [6.45, 7) is 9.16. The Kier molecular flexibility index (Phi) is 2.78. The highest BCUT2D eigenvalue weighted by molar-refractivity contribution is 6.34. The predicted octanol–water partition coefficient (Wildman–Crippen LogP) is -0.225. The second kappa shape index (κ2) is 3.48. The zero-order chi connectivity index (χ0) is 11.9. The number of nitrogens with one attached hydrogen (secondary N) is 2. The summed E-state index contributed by atoms with van der Waals surface area (Å²) < 4.78 is 0. The van der Waals surface area contributed by atoms with Crippen LogP contribution in [0.4, 0.5) is 0 Å². The van der Waals surface area contributed by atoms with Crippen molar-refractivity contribution in [3.8, 4) is 0 Å². The van der Waals surface area contributed by atoms with Gasteiger partial charge in [0, 0.05) is 6.54 Å². The highest BCUT2D eigenvalue weighted by Gasteiger charge is 2.64. The van der Waals surface area contributed by atoms with Gasteiger partial charge in [-0.2, -0.15) is 0 Å². The standard InChI is InChI=1S/C10H19N3O2/c1-9(2)6(10(9,3)4)5-12-7(14)8(15)13-11/h6H,5,11H2,1-4H3,(H,12,14)(H,13,15). The van der Waals surface area contributed by atoms with E-state index in [-0.39, 0.29) is 10.8 Å². The lowest BCUT2D eigenvalue weighted by atomic mass is 10.0. The monoisotopic (exact) mass is 213 g/mol. The zero-order valence-corrected chi connectivity index (χ0v) is 9.68. The van der Waals surface area contributed by atoms with Gasteiger partial charge in [0.2, 0.25) is 0 Å². The first-order valence-corrected chi connectivity index (χ1v) is 5.04. The van der Waals surface area contributed by atoms with Crippen LogP contribution >= 0.6 is 0 Å². The molecule has 86 valence electrons. The molecule has 0 unspecified atom stereocenters. The number of hydrazine groups is 1. The fraction of sp³-hybridized carbons (Fsp3) is 0.800. The summed E-state index contributed by atoms with van der Waals surface area (Å²) in [6.07, 6.45) is 0. The van der Waals surface area contributed by atoms with E-state index in [2.05, 4.69) is 33.0 Å². The number of carbonyl (C=O) groups excluding carboxylic acids is 2. The molecule has 15 heavy (non-hydrogen) atoms. The Morgan fingerprint density at radius 3 is 1.93 bits per heavy atom. The van der Waals surface area contributed by atoms with E-state index in [1.807, 2.05) is 0 Å². The maximum absolute atomic E-state index is 11.1. The third-order valence-corrected chi connectivity index (χ3v) is 4.12. The van der Waals surface area contributed by atoms with Crippen molar-refractivity contribution < 1.29 is 9.59 Å². The summed E-state index contributed by atoms with van der Waals surface area (Å²) in [4.78, 5) is 21.9. The fourth-order valence-corrected chi connectivity index (χ4v) is 2.18. The molecule has 1 rings (SSSR count). The molecule has 0 aromatic heterocycles. The molecule has 0 bridgehead atoms. The van der Waals surface area contributed by atoms with Gasteiger partial charge in [-0.3, -0.25) is 15.0 Å². The van der Waals surface area contributed by atoms with Crippen LogP contribution in [0.2, 0.25) is 0 Å². The van der Waals surface area contributed by atoms with E-state index in [1.54, 1.807) is 5.43 Å². The lowest BCUT2D eigenvalue weighted by Gasteiger charge is -2.04. The molecule has 1 aliphatic carbocycles. The van der Waals surface area contributed by atoms with Crippen molar-refractivity contribution in [3.63, 3.8) is 0 Å².